The molecule has 1 rings (SSSR count). The van der Waals surface area contributed by atoms with E-state index in [-0.39, 0.29) is 5.75 Å². The van der Waals surface area contributed by atoms with Crippen molar-refractivity contribution < 1.29 is 14.6 Å². The van der Waals surface area contributed by atoms with Crippen LogP contribution in [0.25, 0.3) is 0 Å². The SMILES string of the molecule is CC(C)COC(=O)NCc1cccc(O)c1. The molecule has 0 heterocycles. The van der Waals surface area contributed by atoms with E-state index in [1.165, 1.54) is 0 Å². The summed E-state index contributed by atoms with van der Waals surface area (Å²) in [5, 5.41) is 11.8. The van der Waals surface area contributed by atoms with Crippen LogP contribution in [0.5, 0.6) is 5.75 Å². The number of hydrogen-bond acceptors (Lipinski definition) is 3. The molecule has 0 saturated carbocycles. The summed E-state index contributed by atoms with van der Waals surface area (Å²) in [4.78, 5) is 11.2. The first-order valence-corrected chi connectivity index (χ1v) is 5.26. The van der Waals surface area contributed by atoms with Crippen molar-refractivity contribution in [2.75, 3.05) is 6.61 Å². The Morgan fingerprint density at radius 1 is 1.50 bits per heavy atom. The maximum Gasteiger partial charge on any atom is 0.407 e. The predicted molar refractivity (Wildman–Crippen MR) is 61.1 cm³/mol. The van der Waals surface area contributed by atoms with E-state index >= 15 is 0 Å². The molecular formula is C12H17NO3. The molecule has 0 aliphatic carbocycles. The maximum absolute atomic E-state index is 11.2. The third kappa shape index (κ3) is 4.68. The molecule has 1 aromatic carbocycles. The van der Waals surface area contributed by atoms with Crippen molar-refractivity contribution in [1.29, 1.82) is 0 Å². The second-order valence-electron chi connectivity index (χ2n) is 4.02. The smallest absolute Gasteiger partial charge is 0.407 e. The average Bonchev–Trinajstić information content (AvgIpc) is 2.23. The first-order valence-electron chi connectivity index (χ1n) is 5.26. The summed E-state index contributed by atoms with van der Waals surface area (Å²) in [6.07, 6.45) is -0.433. The lowest BCUT2D eigenvalue weighted by Gasteiger charge is -2.08. The van der Waals surface area contributed by atoms with E-state index in [0.29, 0.717) is 19.1 Å². The fraction of sp³-hybridized carbons (Fsp3) is 0.417. The van der Waals surface area contributed by atoms with Gasteiger partial charge in [0.1, 0.15) is 5.75 Å². The van der Waals surface area contributed by atoms with Crippen LogP contribution < -0.4 is 5.32 Å². The van der Waals surface area contributed by atoms with Gasteiger partial charge in [-0.25, -0.2) is 4.79 Å². The van der Waals surface area contributed by atoms with Gasteiger partial charge in [-0.2, -0.15) is 0 Å². The largest absolute Gasteiger partial charge is 0.508 e. The van der Waals surface area contributed by atoms with Crippen LogP contribution >= 0.6 is 0 Å². The molecule has 0 aromatic heterocycles. The molecular weight excluding hydrogens is 206 g/mol. The molecule has 1 aromatic rings. The minimum Gasteiger partial charge on any atom is -0.508 e. The van der Waals surface area contributed by atoms with Gasteiger partial charge < -0.3 is 15.2 Å². The molecule has 0 aliphatic heterocycles. The van der Waals surface area contributed by atoms with Crippen molar-refractivity contribution in [3.63, 3.8) is 0 Å². The number of phenolic OH excluding ortho intramolecular Hbond substituents is 1. The normalized spacial score (nSPS) is 10.2. The van der Waals surface area contributed by atoms with E-state index in [1.807, 2.05) is 19.9 Å². The molecule has 1 amide bonds. The van der Waals surface area contributed by atoms with E-state index in [4.69, 9.17) is 4.74 Å². The summed E-state index contributed by atoms with van der Waals surface area (Å²) in [5.74, 6) is 0.515. The highest BCUT2D eigenvalue weighted by molar-refractivity contribution is 5.67. The number of carbonyl (C=O) groups is 1. The highest BCUT2D eigenvalue weighted by Gasteiger charge is 2.03. The lowest BCUT2D eigenvalue weighted by atomic mass is 10.2. The predicted octanol–water partition coefficient (Wildman–Crippen LogP) is 2.27. The summed E-state index contributed by atoms with van der Waals surface area (Å²) < 4.78 is 4.94. The van der Waals surface area contributed by atoms with Crippen molar-refractivity contribution in [1.82, 2.24) is 5.32 Å². The van der Waals surface area contributed by atoms with Gasteiger partial charge in [-0.15, -0.1) is 0 Å². The molecule has 0 spiro atoms. The van der Waals surface area contributed by atoms with Gasteiger partial charge in [0.15, 0.2) is 0 Å². The average molecular weight is 223 g/mol. The van der Waals surface area contributed by atoms with Crippen LogP contribution in [0.1, 0.15) is 19.4 Å². The molecule has 0 aliphatic rings. The van der Waals surface area contributed by atoms with Crippen molar-refractivity contribution in [3.8, 4) is 5.75 Å². The summed E-state index contributed by atoms with van der Waals surface area (Å²) in [7, 11) is 0. The van der Waals surface area contributed by atoms with Gasteiger partial charge >= 0.3 is 6.09 Å². The van der Waals surface area contributed by atoms with Crippen molar-refractivity contribution >= 4 is 6.09 Å². The number of amides is 1. The van der Waals surface area contributed by atoms with Gasteiger partial charge in [0.2, 0.25) is 0 Å². The molecule has 0 bridgehead atoms. The zero-order chi connectivity index (χ0) is 12.0. The third-order valence-corrected chi connectivity index (χ3v) is 1.90. The Morgan fingerprint density at radius 2 is 2.25 bits per heavy atom. The highest BCUT2D eigenvalue weighted by atomic mass is 16.5. The molecule has 2 N–H and O–H groups in total. The van der Waals surface area contributed by atoms with Gasteiger partial charge in [0.05, 0.1) is 6.61 Å². The van der Waals surface area contributed by atoms with Crippen LogP contribution in [0.4, 0.5) is 4.79 Å². The van der Waals surface area contributed by atoms with Gasteiger partial charge in [0.25, 0.3) is 0 Å². The van der Waals surface area contributed by atoms with Crippen LogP contribution in [0, 0.1) is 5.92 Å². The number of carbonyl (C=O) groups excluding carboxylic acids is 1. The Balaban J connectivity index is 2.31. The Kier molecular flexibility index (Phi) is 4.64. The number of aromatic hydroxyl groups is 1. The molecule has 0 unspecified atom stereocenters. The second-order valence-corrected chi connectivity index (χ2v) is 4.02. The molecule has 0 atom stereocenters. The summed E-state index contributed by atoms with van der Waals surface area (Å²) >= 11 is 0. The summed E-state index contributed by atoms with van der Waals surface area (Å²) in [6, 6.07) is 6.73. The quantitative estimate of drug-likeness (QED) is 0.823. The Labute approximate surface area is 95.2 Å². The zero-order valence-corrected chi connectivity index (χ0v) is 9.56. The molecule has 0 fully saturated rings. The van der Waals surface area contributed by atoms with E-state index in [9.17, 15) is 9.90 Å². The topological polar surface area (TPSA) is 58.6 Å². The lowest BCUT2D eigenvalue weighted by molar-refractivity contribution is 0.132. The molecule has 88 valence electrons. The monoisotopic (exact) mass is 223 g/mol. The lowest BCUT2D eigenvalue weighted by Crippen LogP contribution is -2.25. The molecule has 0 saturated heterocycles. The summed E-state index contributed by atoms with van der Waals surface area (Å²) in [6.45, 7) is 4.71. The van der Waals surface area contributed by atoms with Gasteiger partial charge in [-0.05, 0) is 23.6 Å². The first-order chi connectivity index (χ1) is 7.58. The van der Waals surface area contributed by atoms with Crippen LogP contribution in [0.3, 0.4) is 0 Å². The number of benzene rings is 1. The van der Waals surface area contributed by atoms with Crippen molar-refractivity contribution in [2.45, 2.75) is 20.4 Å². The zero-order valence-electron chi connectivity index (χ0n) is 9.56. The maximum atomic E-state index is 11.2. The van der Waals surface area contributed by atoms with Crippen LogP contribution in [0.2, 0.25) is 0 Å². The van der Waals surface area contributed by atoms with Gasteiger partial charge in [-0.1, -0.05) is 26.0 Å². The number of alkyl carbamates (subject to hydrolysis) is 1. The number of rotatable bonds is 4. The van der Waals surface area contributed by atoms with Crippen LogP contribution in [-0.4, -0.2) is 17.8 Å². The standard InChI is InChI=1S/C12H17NO3/c1-9(2)8-16-12(15)13-7-10-4-3-5-11(14)6-10/h3-6,9,14H,7-8H2,1-2H3,(H,13,15). The van der Waals surface area contributed by atoms with Crippen LogP contribution in [-0.2, 0) is 11.3 Å². The first kappa shape index (κ1) is 12.4. The Morgan fingerprint density at radius 3 is 2.88 bits per heavy atom. The molecule has 16 heavy (non-hydrogen) atoms. The second kappa shape index (κ2) is 6.00. The van der Waals surface area contributed by atoms with Crippen molar-refractivity contribution in [2.24, 2.45) is 5.92 Å². The fourth-order valence-corrected chi connectivity index (χ4v) is 1.13. The molecule has 4 heteroatoms. The molecule has 4 nitrogen and oxygen atoms in total. The molecule has 0 radical (unpaired) electrons. The van der Waals surface area contributed by atoms with Gasteiger partial charge in [0, 0.05) is 6.54 Å². The van der Waals surface area contributed by atoms with E-state index in [2.05, 4.69) is 5.32 Å². The third-order valence-electron chi connectivity index (χ3n) is 1.90. The highest BCUT2D eigenvalue weighted by Crippen LogP contribution is 2.10. The van der Waals surface area contributed by atoms with Crippen molar-refractivity contribution in [3.05, 3.63) is 29.8 Å². The number of phenols is 1. The van der Waals surface area contributed by atoms with Gasteiger partial charge in [-0.3, -0.25) is 0 Å². The number of hydrogen-bond donors (Lipinski definition) is 2. The minimum absolute atomic E-state index is 0.190. The minimum atomic E-state index is -0.433. The van der Waals surface area contributed by atoms with E-state index < -0.39 is 6.09 Å². The number of ether oxygens (including phenoxy) is 1. The Hall–Kier alpha value is -1.71. The van der Waals surface area contributed by atoms with E-state index in [1.54, 1.807) is 18.2 Å². The number of nitrogens with one attached hydrogen (secondary N) is 1. The van der Waals surface area contributed by atoms with E-state index in [0.717, 1.165) is 5.56 Å². The summed E-state index contributed by atoms with van der Waals surface area (Å²) in [5.41, 5.74) is 0.835. The fourth-order valence-electron chi connectivity index (χ4n) is 1.13. The Bertz CT molecular complexity index is 350. The van der Waals surface area contributed by atoms with Crippen LogP contribution in [0.15, 0.2) is 24.3 Å².